The molecule has 92 valence electrons. The first-order valence-corrected chi connectivity index (χ1v) is 5.31. The van der Waals surface area contributed by atoms with Crippen LogP contribution < -0.4 is 16.6 Å². The Morgan fingerprint density at radius 1 is 1.71 bits per heavy atom. The minimum Gasteiger partial charge on any atom is -0.493 e. The van der Waals surface area contributed by atoms with Crippen molar-refractivity contribution in [1.82, 2.24) is 9.88 Å². The maximum absolute atomic E-state index is 11.8. The van der Waals surface area contributed by atoms with Gasteiger partial charge in [0.05, 0.1) is 6.17 Å². The van der Waals surface area contributed by atoms with Gasteiger partial charge in [0.2, 0.25) is 5.88 Å². The van der Waals surface area contributed by atoms with Crippen LogP contribution >= 0.6 is 0 Å². The number of nitrogens with zero attached hydrogens (tertiary/aromatic N) is 2. The van der Waals surface area contributed by atoms with Crippen molar-refractivity contribution < 1.29 is 5.11 Å². The van der Waals surface area contributed by atoms with Crippen LogP contribution in [0.4, 0.5) is 0 Å². The number of aromatic nitrogens is 1. The third-order valence-electron chi connectivity index (χ3n) is 2.51. The lowest BCUT2D eigenvalue weighted by molar-refractivity contribution is 0.345. The van der Waals surface area contributed by atoms with E-state index in [-0.39, 0.29) is 17.0 Å². The highest BCUT2D eigenvalue weighted by atomic mass is 16.3. The van der Waals surface area contributed by atoms with Crippen LogP contribution in [0.25, 0.3) is 0 Å². The quantitative estimate of drug-likeness (QED) is 0.671. The molecule has 6 heteroatoms. The Morgan fingerprint density at radius 2 is 2.35 bits per heavy atom. The standard InChI is InChI=1S/C11H16N4O2/c1-7-5-10(16)15(8(2)14-4-3-12)11(17)9(7)6-13/h5,8,14,17H,3-4,12H2,1-2H3. The monoisotopic (exact) mass is 236 g/mol. The average Bonchev–Trinajstić information content (AvgIpc) is 2.26. The molecule has 17 heavy (non-hydrogen) atoms. The number of nitrogens with two attached hydrogens (primary N) is 1. The summed E-state index contributed by atoms with van der Waals surface area (Å²) in [7, 11) is 0. The van der Waals surface area contributed by atoms with Crippen LogP contribution in [-0.2, 0) is 0 Å². The number of nitrogens with one attached hydrogen (secondary N) is 1. The Bertz CT molecular complexity index is 501. The molecule has 0 aliphatic carbocycles. The van der Waals surface area contributed by atoms with Crippen molar-refractivity contribution in [3.8, 4) is 11.9 Å². The molecule has 0 saturated carbocycles. The molecular weight excluding hydrogens is 220 g/mol. The van der Waals surface area contributed by atoms with E-state index in [0.29, 0.717) is 18.7 Å². The van der Waals surface area contributed by atoms with E-state index >= 15 is 0 Å². The Kier molecular flexibility index (Phi) is 4.26. The molecule has 0 fully saturated rings. The van der Waals surface area contributed by atoms with Crippen LogP contribution in [0.5, 0.6) is 5.88 Å². The number of aryl methyl sites for hydroxylation is 1. The molecule has 1 aromatic rings. The van der Waals surface area contributed by atoms with E-state index in [0.717, 1.165) is 4.57 Å². The zero-order valence-electron chi connectivity index (χ0n) is 9.90. The maximum atomic E-state index is 11.8. The molecule has 1 atom stereocenters. The molecule has 0 aliphatic rings. The summed E-state index contributed by atoms with van der Waals surface area (Å²) in [6.45, 7) is 4.27. The largest absolute Gasteiger partial charge is 0.493 e. The lowest BCUT2D eigenvalue weighted by Gasteiger charge is -2.19. The van der Waals surface area contributed by atoms with E-state index in [1.807, 2.05) is 6.07 Å². The van der Waals surface area contributed by atoms with E-state index in [4.69, 9.17) is 11.0 Å². The number of hydrogen-bond donors (Lipinski definition) is 3. The number of pyridine rings is 1. The predicted octanol–water partition coefficient (Wildman–Crippen LogP) is -0.199. The van der Waals surface area contributed by atoms with E-state index in [9.17, 15) is 9.90 Å². The lowest BCUT2D eigenvalue weighted by Crippen LogP contribution is -2.35. The van der Waals surface area contributed by atoms with Crippen LogP contribution in [0, 0.1) is 18.3 Å². The van der Waals surface area contributed by atoms with Crippen LogP contribution in [0.1, 0.15) is 24.2 Å². The van der Waals surface area contributed by atoms with Gasteiger partial charge in [0.15, 0.2) is 0 Å². The molecule has 0 aromatic carbocycles. The van der Waals surface area contributed by atoms with Crippen LogP contribution in [0.3, 0.4) is 0 Å². The van der Waals surface area contributed by atoms with Gasteiger partial charge in [-0.25, -0.2) is 0 Å². The second-order valence-electron chi connectivity index (χ2n) is 3.76. The van der Waals surface area contributed by atoms with Crippen molar-refractivity contribution in [2.75, 3.05) is 13.1 Å². The van der Waals surface area contributed by atoms with E-state index in [1.54, 1.807) is 13.8 Å². The van der Waals surface area contributed by atoms with Gasteiger partial charge in [0.1, 0.15) is 11.6 Å². The summed E-state index contributed by atoms with van der Waals surface area (Å²) in [5, 5.41) is 21.8. The molecule has 0 radical (unpaired) electrons. The molecule has 0 aliphatic heterocycles. The summed E-state index contributed by atoms with van der Waals surface area (Å²) >= 11 is 0. The van der Waals surface area contributed by atoms with Gasteiger partial charge in [-0.1, -0.05) is 0 Å². The van der Waals surface area contributed by atoms with Gasteiger partial charge in [-0.2, -0.15) is 5.26 Å². The molecule has 1 aromatic heterocycles. The third-order valence-corrected chi connectivity index (χ3v) is 2.51. The fraction of sp³-hybridized carbons (Fsp3) is 0.455. The Balaban J connectivity index is 3.25. The molecular formula is C11H16N4O2. The molecule has 1 unspecified atom stereocenters. The predicted molar refractivity (Wildman–Crippen MR) is 63.6 cm³/mol. The summed E-state index contributed by atoms with van der Waals surface area (Å²) in [5.74, 6) is -0.311. The van der Waals surface area contributed by atoms with Crippen LogP contribution in [0.2, 0.25) is 0 Å². The van der Waals surface area contributed by atoms with Crippen molar-refractivity contribution >= 4 is 0 Å². The van der Waals surface area contributed by atoms with Crippen LogP contribution in [-0.4, -0.2) is 22.8 Å². The van der Waals surface area contributed by atoms with Crippen molar-refractivity contribution in [3.63, 3.8) is 0 Å². The maximum Gasteiger partial charge on any atom is 0.254 e. The summed E-state index contributed by atoms with van der Waals surface area (Å²) in [4.78, 5) is 11.8. The van der Waals surface area contributed by atoms with Crippen molar-refractivity contribution in [2.45, 2.75) is 20.0 Å². The molecule has 1 heterocycles. The van der Waals surface area contributed by atoms with Gasteiger partial charge in [-0.15, -0.1) is 0 Å². The van der Waals surface area contributed by atoms with E-state index in [1.165, 1.54) is 6.07 Å². The smallest absolute Gasteiger partial charge is 0.254 e. The summed E-state index contributed by atoms with van der Waals surface area (Å²) in [5.41, 5.74) is 5.58. The summed E-state index contributed by atoms with van der Waals surface area (Å²) in [6.07, 6.45) is -0.418. The average molecular weight is 236 g/mol. The topological polar surface area (TPSA) is 104 Å². The Hall–Kier alpha value is -1.84. The highest BCUT2D eigenvalue weighted by Crippen LogP contribution is 2.19. The zero-order valence-corrected chi connectivity index (χ0v) is 9.90. The molecule has 0 saturated heterocycles. The van der Waals surface area contributed by atoms with Gasteiger partial charge in [-0.05, 0) is 19.4 Å². The van der Waals surface area contributed by atoms with Gasteiger partial charge in [0.25, 0.3) is 5.56 Å². The van der Waals surface area contributed by atoms with Crippen molar-refractivity contribution in [2.24, 2.45) is 5.73 Å². The highest BCUT2D eigenvalue weighted by molar-refractivity contribution is 5.43. The first-order chi connectivity index (χ1) is 8.02. The molecule has 0 spiro atoms. The molecule has 6 nitrogen and oxygen atoms in total. The highest BCUT2D eigenvalue weighted by Gasteiger charge is 2.16. The first kappa shape index (κ1) is 13.2. The molecule has 4 N–H and O–H groups in total. The first-order valence-electron chi connectivity index (χ1n) is 5.31. The van der Waals surface area contributed by atoms with E-state index in [2.05, 4.69) is 5.32 Å². The molecule has 0 amide bonds. The number of aromatic hydroxyl groups is 1. The minimum atomic E-state index is -0.418. The van der Waals surface area contributed by atoms with E-state index < -0.39 is 6.17 Å². The number of rotatable bonds is 4. The van der Waals surface area contributed by atoms with Crippen LogP contribution in [0.15, 0.2) is 10.9 Å². The SMILES string of the molecule is Cc1cc(=O)n(C(C)NCCN)c(O)c1C#N. The normalized spacial score (nSPS) is 12.1. The fourth-order valence-electron chi connectivity index (χ4n) is 1.62. The van der Waals surface area contributed by atoms with Gasteiger partial charge >= 0.3 is 0 Å². The third kappa shape index (κ3) is 2.64. The van der Waals surface area contributed by atoms with Gasteiger partial charge < -0.3 is 10.8 Å². The summed E-state index contributed by atoms with van der Waals surface area (Å²) in [6, 6.07) is 3.21. The zero-order chi connectivity index (χ0) is 13.0. The Labute approximate surface area is 99.3 Å². The molecule has 0 bridgehead atoms. The second kappa shape index (κ2) is 5.48. The van der Waals surface area contributed by atoms with Gasteiger partial charge in [0, 0.05) is 19.2 Å². The minimum absolute atomic E-state index is 0.117. The summed E-state index contributed by atoms with van der Waals surface area (Å²) < 4.78 is 1.14. The number of hydrogen-bond acceptors (Lipinski definition) is 5. The molecule has 1 rings (SSSR count). The van der Waals surface area contributed by atoms with Gasteiger partial charge in [-0.3, -0.25) is 14.7 Å². The van der Waals surface area contributed by atoms with Crippen molar-refractivity contribution in [3.05, 3.63) is 27.5 Å². The fourth-order valence-corrected chi connectivity index (χ4v) is 1.62. The number of nitriles is 1. The second-order valence-corrected chi connectivity index (χ2v) is 3.76. The van der Waals surface area contributed by atoms with Crippen molar-refractivity contribution in [1.29, 1.82) is 5.26 Å². The lowest BCUT2D eigenvalue weighted by atomic mass is 10.1. The Morgan fingerprint density at radius 3 is 2.88 bits per heavy atom.